The van der Waals surface area contributed by atoms with Gasteiger partial charge in [0, 0.05) is 0 Å². The van der Waals surface area contributed by atoms with Gasteiger partial charge in [-0.15, -0.1) is 11.8 Å². The first kappa shape index (κ1) is 11.6. The maximum atomic E-state index is 8.92. The Hall–Kier alpha value is -0.520. The molecule has 0 unspecified atom stereocenters. The lowest BCUT2D eigenvalue weighted by Crippen LogP contribution is -2.09. The molecule has 0 fully saturated rings. The molecule has 1 aromatic heterocycles. The molecule has 0 aliphatic carbocycles. The lowest BCUT2D eigenvalue weighted by molar-refractivity contribution is 0.566. The molecule has 6 heteroatoms. The number of aliphatic hydroxyl groups is 1. The number of thiocarbonyl (C=S) groups is 1. The molecule has 0 atom stereocenters. The van der Waals surface area contributed by atoms with Crippen molar-refractivity contribution in [2.45, 2.75) is 11.8 Å². The van der Waals surface area contributed by atoms with Gasteiger partial charge in [0.05, 0.1) is 4.90 Å². The number of pyridine rings is 1. The van der Waals surface area contributed by atoms with E-state index in [1.54, 1.807) is 17.8 Å². The van der Waals surface area contributed by atoms with Crippen LogP contribution in [0.5, 0.6) is 0 Å². The lowest BCUT2D eigenvalue weighted by Gasteiger charge is -2.07. The lowest BCUT2D eigenvalue weighted by atomic mass is 10.4. The van der Waals surface area contributed by atoms with Gasteiger partial charge in [-0.3, -0.25) is 0 Å². The normalized spacial score (nSPS) is 9.86. The van der Waals surface area contributed by atoms with E-state index in [0.717, 1.165) is 10.6 Å². The highest BCUT2D eigenvalue weighted by Crippen LogP contribution is 2.26. The van der Waals surface area contributed by atoms with Crippen LogP contribution >= 0.6 is 35.6 Å². The van der Waals surface area contributed by atoms with Crippen LogP contribution in [0.2, 0.25) is 5.15 Å². The molecule has 1 rings (SSSR count). The van der Waals surface area contributed by atoms with Crippen LogP contribution in [-0.4, -0.2) is 21.0 Å². The van der Waals surface area contributed by atoms with Crippen molar-refractivity contribution in [2.24, 2.45) is 0 Å². The van der Waals surface area contributed by atoms with E-state index in [1.807, 2.05) is 13.0 Å². The number of aromatic nitrogens is 1. The average molecular weight is 249 g/mol. The van der Waals surface area contributed by atoms with Gasteiger partial charge in [0.2, 0.25) is 0 Å². The molecular formula is C8H9ClN2OS2. The second-order valence-electron chi connectivity index (χ2n) is 2.34. The smallest absolute Gasteiger partial charge is 0.259 e. The van der Waals surface area contributed by atoms with Crippen molar-refractivity contribution in [3.8, 4) is 0 Å². The number of anilines is 1. The SMILES string of the molecule is CCSc1ccc(Cl)nc1NC(O)=S. The first-order chi connectivity index (χ1) is 6.63. The Balaban J connectivity index is 2.96. The minimum absolute atomic E-state index is 0.308. The summed E-state index contributed by atoms with van der Waals surface area (Å²) in [5.74, 6) is 1.41. The van der Waals surface area contributed by atoms with Crippen LogP contribution in [0.3, 0.4) is 0 Å². The second kappa shape index (κ2) is 5.38. The third-order valence-corrected chi connectivity index (χ3v) is 2.59. The highest BCUT2D eigenvalue weighted by atomic mass is 35.5. The van der Waals surface area contributed by atoms with Gasteiger partial charge in [-0.05, 0) is 30.1 Å². The minimum Gasteiger partial charge on any atom is -0.486 e. The van der Waals surface area contributed by atoms with Crippen molar-refractivity contribution in [3.05, 3.63) is 17.3 Å². The van der Waals surface area contributed by atoms with E-state index in [2.05, 4.69) is 22.5 Å². The fourth-order valence-electron chi connectivity index (χ4n) is 0.885. The largest absolute Gasteiger partial charge is 0.486 e. The number of hydrogen-bond donors (Lipinski definition) is 2. The van der Waals surface area contributed by atoms with Gasteiger partial charge in [-0.2, -0.15) is 0 Å². The van der Waals surface area contributed by atoms with Gasteiger partial charge in [0.1, 0.15) is 11.0 Å². The summed E-state index contributed by atoms with van der Waals surface area (Å²) in [7, 11) is 0. The third-order valence-electron chi connectivity index (χ3n) is 1.35. The number of nitrogens with one attached hydrogen (secondary N) is 1. The van der Waals surface area contributed by atoms with Gasteiger partial charge in [0.15, 0.2) is 0 Å². The monoisotopic (exact) mass is 248 g/mol. The zero-order valence-electron chi connectivity index (χ0n) is 7.45. The molecule has 0 saturated heterocycles. The Morgan fingerprint density at radius 1 is 1.71 bits per heavy atom. The van der Waals surface area contributed by atoms with Crippen molar-refractivity contribution in [1.82, 2.24) is 4.98 Å². The minimum atomic E-state index is -0.308. The van der Waals surface area contributed by atoms with Crippen LogP contribution < -0.4 is 5.32 Å². The van der Waals surface area contributed by atoms with Crippen LogP contribution in [-0.2, 0) is 0 Å². The van der Waals surface area contributed by atoms with Crippen LogP contribution in [0.25, 0.3) is 0 Å². The van der Waals surface area contributed by atoms with E-state index in [4.69, 9.17) is 16.7 Å². The first-order valence-electron chi connectivity index (χ1n) is 3.92. The quantitative estimate of drug-likeness (QED) is 0.489. The predicted octanol–water partition coefficient (Wildman–Crippen LogP) is 3.10. The molecular weight excluding hydrogens is 240 g/mol. The van der Waals surface area contributed by atoms with Crippen LogP contribution in [0.1, 0.15) is 6.92 Å². The highest BCUT2D eigenvalue weighted by molar-refractivity contribution is 7.99. The molecule has 76 valence electrons. The van der Waals surface area contributed by atoms with Crippen molar-refractivity contribution < 1.29 is 5.11 Å². The van der Waals surface area contributed by atoms with Crippen molar-refractivity contribution in [1.29, 1.82) is 0 Å². The Bertz CT molecular complexity index is 346. The molecule has 0 bridgehead atoms. The summed E-state index contributed by atoms with van der Waals surface area (Å²) in [6.07, 6.45) is 0. The summed E-state index contributed by atoms with van der Waals surface area (Å²) < 4.78 is 0. The van der Waals surface area contributed by atoms with E-state index in [9.17, 15) is 0 Å². The highest BCUT2D eigenvalue weighted by Gasteiger charge is 2.05. The Kier molecular flexibility index (Phi) is 4.44. The van der Waals surface area contributed by atoms with Crippen LogP contribution in [0, 0.1) is 0 Å². The molecule has 0 amide bonds. The third kappa shape index (κ3) is 3.32. The molecule has 14 heavy (non-hydrogen) atoms. The molecule has 0 saturated carbocycles. The summed E-state index contributed by atoms with van der Waals surface area (Å²) >= 11 is 11.8. The van der Waals surface area contributed by atoms with Gasteiger partial charge in [0.25, 0.3) is 5.17 Å². The van der Waals surface area contributed by atoms with Crippen molar-refractivity contribution in [2.75, 3.05) is 11.1 Å². The van der Waals surface area contributed by atoms with Gasteiger partial charge < -0.3 is 10.4 Å². The number of thioether (sulfide) groups is 1. The summed E-state index contributed by atoms with van der Waals surface area (Å²) in [6, 6.07) is 3.54. The summed E-state index contributed by atoms with van der Waals surface area (Å²) in [6.45, 7) is 2.03. The molecule has 3 nitrogen and oxygen atoms in total. The van der Waals surface area contributed by atoms with E-state index in [-0.39, 0.29) is 5.17 Å². The Labute approximate surface area is 96.9 Å². The maximum absolute atomic E-state index is 8.92. The standard InChI is InChI=1S/C8H9ClN2OS2/c1-2-14-5-3-4-6(9)10-7(5)11-8(12)13/h3-4H,2H2,1H3,(H2,10,11,12,13). The molecule has 0 aliphatic heterocycles. The average Bonchev–Trinajstić information content (AvgIpc) is 2.09. The summed E-state index contributed by atoms with van der Waals surface area (Å²) in [5.41, 5.74) is 0. The number of nitrogens with zero attached hydrogens (tertiary/aromatic N) is 1. The maximum Gasteiger partial charge on any atom is 0.259 e. The summed E-state index contributed by atoms with van der Waals surface area (Å²) in [4.78, 5) is 4.93. The fraction of sp³-hybridized carbons (Fsp3) is 0.250. The zero-order chi connectivity index (χ0) is 10.6. The zero-order valence-corrected chi connectivity index (χ0v) is 9.84. The molecule has 2 N–H and O–H groups in total. The topological polar surface area (TPSA) is 45.2 Å². The number of hydrogen-bond acceptors (Lipinski definition) is 3. The Morgan fingerprint density at radius 2 is 2.43 bits per heavy atom. The number of halogens is 1. The van der Waals surface area contributed by atoms with Crippen LogP contribution in [0.15, 0.2) is 17.0 Å². The van der Waals surface area contributed by atoms with Gasteiger partial charge in [-0.25, -0.2) is 4.98 Å². The van der Waals surface area contributed by atoms with Crippen molar-refractivity contribution >= 4 is 46.6 Å². The molecule has 0 aromatic carbocycles. The van der Waals surface area contributed by atoms with E-state index < -0.39 is 0 Å². The molecule has 0 aliphatic rings. The second-order valence-corrected chi connectivity index (χ2v) is 4.42. The van der Waals surface area contributed by atoms with E-state index in [0.29, 0.717) is 11.0 Å². The van der Waals surface area contributed by atoms with E-state index in [1.165, 1.54) is 0 Å². The first-order valence-corrected chi connectivity index (χ1v) is 5.70. The predicted molar refractivity (Wildman–Crippen MR) is 64.5 cm³/mol. The summed E-state index contributed by atoms with van der Waals surface area (Å²) in [5, 5.41) is 11.5. The Morgan fingerprint density at radius 3 is 3.00 bits per heavy atom. The molecule has 1 aromatic rings. The number of aliphatic hydroxyl groups excluding tert-OH is 1. The molecule has 0 spiro atoms. The van der Waals surface area contributed by atoms with Crippen molar-refractivity contribution in [3.63, 3.8) is 0 Å². The fourth-order valence-corrected chi connectivity index (χ4v) is 1.84. The van der Waals surface area contributed by atoms with Gasteiger partial charge >= 0.3 is 0 Å². The number of rotatable bonds is 3. The van der Waals surface area contributed by atoms with E-state index >= 15 is 0 Å². The van der Waals surface area contributed by atoms with Gasteiger partial charge in [-0.1, -0.05) is 18.5 Å². The van der Waals surface area contributed by atoms with Crippen LogP contribution in [0.4, 0.5) is 5.82 Å². The molecule has 0 radical (unpaired) electrons. The molecule has 1 heterocycles.